The molecule has 0 aliphatic heterocycles. The largest absolute Gasteiger partial charge is 0.303 e. The van der Waals surface area contributed by atoms with E-state index in [1.54, 1.807) is 6.07 Å². The highest BCUT2D eigenvalue weighted by molar-refractivity contribution is 5.51. The van der Waals surface area contributed by atoms with Gasteiger partial charge in [-0.3, -0.25) is 0 Å². The summed E-state index contributed by atoms with van der Waals surface area (Å²) >= 11 is 0. The molecule has 0 amide bonds. The summed E-state index contributed by atoms with van der Waals surface area (Å²) in [5.41, 5.74) is 1.76. The molecule has 0 aliphatic rings. The van der Waals surface area contributed by atoms with Crippen molar-refractivity contribution in [1.29, 1.82) is 0 Å². The maximum atomic E-state index is 13.1. The molecule has 1 aromatic rings. The van der Waals surface area contributed by atoms with E-state index in [-0.39, 0.29) is 11.7 Å². The van der Waals surface area contributed by atoms with Gasteiger partial charge >= 0.3 is 0 Å². The number of hydrogen-bond donors (Lipinski definition) is 0. The van der Waals surface area contributed by atoms with Crippen LogP contribution in [-0.2, 0) is 11.2 Å². The van der Waals surface area contributed by atoms with Crippen molar-refractivity contribution in [3.63, 3.8) is 0 Å². The van der Waals surface area contributed by atoms with Crippen molar-refractivity contribution in [3.8, 4) is 0 Å². The molecule has 14 heavy (non-hydrogen) atoms. The van der Waals surface area contributed by atoms with Crippen LogP contribution in [-0.4, -0.2) is 6.29 Å². The lowest BCUT2D eigenvalue weighted by atomic mass is 9.96. The molecule has 0 radical (unpaired) electrons. The zero-order valence-corrected chi connectivity index (χ0v) is 8.59. The van der Waals surface area contributed by atoms with Crippen LogP contribution in [0.1, 0.15) is 37.3 Å². The van der Waals surface area contributed by atoms with Crippen LogP contribution in [0, 0.1) is 5.82 Å². The molecule has 1 unspecified atom stereocenters. The summed E-state index contributed by atoms with van der Waals surface area (Å²) in [7, 11) is 0. The van der Waals surface area contributed by atoms with Crippen LogP contribution < -0.4 is 0 Å². The fraction of sp³-hybridized carbons (Fsp3) is 0.417. The van der Waals surface area contributed by atoms with Gasteiger partial charge in [-0.15, -0.1) is 0 Å². The van der Waals surface area contributed by atoms with Crippen molar-refractivity contribution in [2.75, 3.05) is 0 Å². The number of halogens is 1. The second-order valence-corrected chi connectivity index (χ2v) is 3.51. The van der Waals surface area contributed by atoms with Gasteiger partial charge in [-0.1, -0.05) is 26.0 Å². The highest BCUT2D eigenvalue weighted by Gasteiger charge is 2.07. The SMILES string of the molecule is CCc1cc(C(C)CC=O)ccc1F. The third kappa shape index (κ3) is 2.41. The molecule has 0 saturated carbocycles. The van der Waals surface area contributed by atoms with Gasteiger partial charge in [-0.25, -0.2) is 4.39 Å². The zero-order chi connectivity index (χ0) is 10.6. The molecule has 0 spiro atoms. The molecular weight excluding hydrogens is 179 g/mol. The van der Waals surface area contributed by atoms with Crippen molar-refractivity contribution < 1.29 is 9.18 Å². The van der Waals surface area contributed by atoms with Gasteiger partial charge in [0.2, 0.25) is 0 Å². The number of carbonyl (C=O) groups excluding carboxylic acids is 1. The van der Waals surface area contributed by atoms with Gasteiger partial charge in [0.05, 0.1) is 0 Å². The quantitative estimate of drug-likeness (QED) is 0.673. The van der Waals surface area contributed by atoms with E-state index in [9.17, 15) is 9.18 Å². The maximum Gasteiger partial charge on any atom is 0.126 e. The molecule has 0 aliphatic carbocycles. The minimum Gasteiger partial charge on any atom is -0.303 e. The van der Waals surface area contributed by atoms with E-state index in [0.29, 0.717) is 12.8 Å². The van der Waals surface area contributed by atoms with Gasteiger partial charge in [-0.05, 0) is 29.5 Å². The molecule has 1 atom stereocenters. The number of carbonyl (C=O) groups is 1. The normalized spacial score (nSPS) is 12.5. The van der Waals surface area contributed by atoms with Gasteiger partial charge < -0.3 is 4.79 Å². The topological polar surface area (TPSA) is 17.1 Å². The fourth-order valence-corrected chi connectivity index (χ4v) is 1.45. The van der Waals surface area contributed by atoms with Gasteiger partial charge in [0.25, 0.3) is 0 Å². The third-order valence-corrected chi connectivity index (χ3v) is 2.47. The third-order valence-electron chi connectivity index (χ3n) is 2.47. The van der Waals surface area contributed by atoms with E-state index >= 15 is 0 Å². The minimum atomic E-state index is -0.158. The van der Waals surface area contributed by atoms with Crippen molar-refractivity contribution >= 4 is 6.29 Å². The molecular formula is C12H15FO. The second kappa shape index (κ2) is 4.89. The maximum absolute atomic E-state index is 13.1. The molecule has 0 bridgehead atoms. The van der Waals surface area contributed by atoms with Crippen LogP contribution in [0.2, 0.25) is 0 Å². The molecule has 0 heterocycles. The first-order valence-electron chi connectivity index (χ1n) is 4.91. The summed E-state index contributed by atoms with van der Waals surface area (Å²) in [6.07, 6.45) is 2.09. The first-order valence-corrected chi connectivity index (χ1v) is 4.91. The van der Waals surface area contributed by atoms with E-state index in [1.807, 2.05) is 19.9 Å². The van der Waals surface area contributed by atoms with Gasteiger partial charge in [0, 0.05) is 6.42 Å². The standard InChI is InChI=1S/C12H15FO/c1-3-10-8-11(4-5-12(10)13)9(2)6-7-14/h4-5,7-9H,3,6H2,1-2H3. The molecule has 0 fully saturated rings. The molecule has 2 heteroatoms. The average Bonchev–Trinajstić information content (AvgIpc) is 2.19. The Kier molecular flexibility index (Phi) is 3.81. The van der Waals surface area contributed by atoms with Crippen LogP contribution in [0.5, 0.6) is 0 Å². The Labute approximate surface area is 83.9 Å². The van der Waals surface area contributed by atoms with Crippen LogP contribution in [0.3, 0.4) is 0 Å². The predicted molar refractivity (Wildman–Crippen MR) is 54.9 cm³/mol. The van der Waals surface area contributed by atoms with Crippen LogP contribution in [0.25, 0.3) is 0 Å². The van der Waals surface area contributed by atoms with E-state index in [2.05, 4.69) is 0 Å². The average molecular weight is 194 g/mol. The second-order valence-electron chi connectivity index (χ2n) is 3.51. The van der Waals surface area contributed by atoms with E-state index in [1.165, 1.54) is 6.07 Å². The number of rotatable bonds is 4. The molecule has 1 aromatic carbocycles. The Morgan fingerprint density at radius 3 is 2.79 bits per heavy atom. The van der Waals surface area contributed by atoms with Crippen molar-refractivity contribution in [1.82, 2.24) is 0 Å². The lowest BCUT2D eigenvalue weighted by molar-refractivity contribution is -0.108. The Morgan fingerprint density at radius 1 is 1.50 bits per heavy atom. The van der Waals surface area contributed by atoms with E-state index in [0.717, 1.165) is 17.4 Å². The highest BCUT2D eigenvalue weighted by Crippen LogP contribution is 2.20. The van der Waals surface area contributed by atoms with Crippen LogP contribution in [0.4, 0.5) is 4.39 Å². The predicted octanol–water partition coefficient (Wildman–Crippen LogP) is 3.08. The Bertz CT molecular complexity index is 320. The fourth-order valence-electron chi connectivity index (χ4n) is 1.45. The van der Waals surface area contributed by atoms with Crippen molar-refractivity contribution in [2.24, 2.45) is 0 Å². The summed E-state index contributed by atoms with van der Waals surface area (Å²) in [6, 6.07) is 5.08. The Hall–Kier alpha value is -1.18. The number of benzene rings is 1. The van der Waals surface area contributed by atoms with Gasteiger partial charge in [-0.2, -0.15) is 0 Å². The smallest absolute Gasteiger partial charge is 0.126 e. The number of aldehydes is 1. The summed E-state index contributed by atoms with van der Waals surface area (Å²) in [6.45, 7) is 3.90. The van der Waals surface area contributed by atoms with Crippen LogP contribution >= 0.6 is 0 Å². The minimum absolute atomic E-state index is 0.158. The zero-order valence-electron chi connectivity index (χ0n) is 8.59. The van der Waals surface area contributed by atoms with Gasteiger partial charge in [0.1, 0.15) is 12.1 Å². The highest BCUT2D eigenvalue weighted by atomic mass is 19.1. The van der Waals surface area contributed by atoms with E-state index < -0.39 is 0 Å². The molecule has 76 valence electrons. The molecule has 0 saturated heterocycles. The summed E-state index contributed by atoms with van der Waals surface area (Å²) < 4.78 is 13.1. The number of aryl methyl sites for hydroxylation is 1. The first-order chi connectivity index (χ1) is 6.69. The first kappa shape index (κ1) is 10.9. The van der Waals surface area contributed by atoms with Crippen molar-refractivity contribution in [2.45, 2.75) is 32.6 Å². The molecule has 0 aromatic heterocycles. The van der Waals surface area contributed by atoms with Crippen molar-refractivity contribution in [3.05, 3.63) is 35.1 Å². The van der Waals surface area contributed by atoms with Crippen LogP contribution in [0.15, 0.2) is 18.2 Å². The summed E-state index contributed by atoms with van der Waals surface area (Å²) in [5, 5.41) is 0. The van der Waals surface area contributed by atoms with Gasteiger partial charge in [0.15, 0.2) is 0 Å². The Morgan fingerprint density at radius 2 is 2.21 bits per heavy atom. The lowest BCUT2D eigenvalue weighted by Gasteiger charge is -2.10. The monoisotopic (exact) mass is 194 g/mol. The molecule has 0 N–H and O–H groups in total. The molecule has 1 rings (SSSR count). The van der Waals surface area contributed by atoms with E-state index in [4.69, 9.17) is 0 Å². The molecule has 1 nitrogen and oxygen atoms in total. The summed E-state index contributed by atoms with van der Waals surface area (Å²) in [5.74, 6) is 0.0213. The Balaban J connectivity index is 2.93. The number of hydrogen-bond acceptors (Lipinski definition) is 1. The lowest BCUT2D eigenvalue weighted by Crippen LogP contribution is -1.97. The summed E-state index contributed by atoms with van der Waals surface area (Å²) in [4.78, 5) is 10.3.